The van der Waals surface area contributed by atoms with Crippen LogP contribution in [0, 0.1) is 6.92 Å². The average Bonchev–Trinajstić information content (AvgIpc) is 2.86. The molecule has 3 nitrogen and oxygen atoms in total. The number of hydrogen-bond acceptors (Lipinski definition) is 2. The topological polar surface area (TPSA) is 30.2 Å². The zero-order chi connectivity index (χ0) is 13.6. The fourth-order valence-corrected chi connectivity index (χ4v) is 2.31. The molecule has 2 heterocycles. The molecule has 0 aliphatic carbocycles. The van der Waals surface area contributed by atoms with E-state index in [9.17, 15) is 0 Å². The lowest BCUT2D eigenvalue weighted by Gasteiger charge is -2.14. The molecule has 1 aromatic carbocycles. The number of fused-ring (bicyclic) bond motifs is 1. The normalized spacial score (nSPS) is 14.4. The van der Waals surface area contributed by atoms with Crippen LogP contribution in [0.3, 0.4) is 0 Å². The number of imidazole rings is 1. The Morgan fingerprint density at radius 1 is 1.21 bits per heavy atom. The summed E-state index contributed by atoms with van der Waals surface area (Å²) in [7, 11) is 0. The summed E-state index contributed by atoms with van der Waals surface area (Å²) in [4.78, 5) is 9.32. The van der Waals surface area contributed by atoms with Gasteiger partial charge in [0.25, 0.3) is 0 Å². The Hall–Kier alpha value is -1.90. The van der Waals surface area contributed by atoms with E-state index in [0.717, 1.165) is 22.9 Å². The van der Waals surface area contributed by atoms with Crippen LogP contribution in [0.2, 0.25) is 0 Å². The van der Waals surface area contributed by atoms with Crippen LogP contribution in [0.5, 0.6) is 0 Å². The van der Waals surface area contributed by atoms with Crippen molar-refractivity contribution in [1.29, 1.82) is 0 Å². The molecule has 1 aliphatic rings. The minimum absolute atomic E-state index is 0.0784. The molecule has 3 heteroatoms. The Labute approximate surface area is 114 Å². The van der Waals surface area contributed by atoms with Crippen LogP contribution in [0.1, 0.15) is 43.4 Å². The van der Waals surface area contributed by atoms with Gasteiger partial charge in [-0.1, -0.05) is 44.5 Å². The molecule has 0 saturated heterocycles. The first kappa shape index (κ1) is 12.2. The lowest BCUT2D eigenvalue weighted by atomic mass is 9.93. The van der Waals surface area contributed by atoms with Crippen molar-refractivity contribution in [3.8, 4) is 0 Å². The Morgan fingerprint density at radius 3 is 2.68 bits per heavy atom. The number of aromatic nitrogens is 2. The molecule has 3 rings (SSSR count). The third-order valence-electron chi connectivity index (χ3n) is 3.42. The molecule has 98 valence electrons. The van der Waals surface area contributed by atoms with Crippen LogP contribution in [0.4, 0.5) is 0 Å². The number of aliphatic imine (C=N–C) groups is 1. The zero-order valence-electron chi connectivity index (χ0n) is 11.9. The van der Waals surface area contributed by atoms with Crippen molar-refractivity contribution < 1.29 is 0 Å². The van der Waals surface area contributed by atoms with E-state index in [-0.39, 0.29) is 5.41 Å². The number of hydrogen-bond donors (Lipinski definition) is 0. The van der Waals surface area contributed by atoms with E-state index < -0.39 is 0 Å². The molecular weight excluding hydrogens is 234 g/mol. The lowest BCUT2D eigenvalue weighted by molar-refractivity contribution is 0.570. The number of nitrogens with zero attached hydrogens (tertiary/aromatic N) is 3. The first-order valence-electron chi connectivity index (χ1n) is 6.66. The van der Waals surface area contributed by atoms with Crippen molar-refractivity contribution in [2.24, 2.45) is 4.99 Å². The molecule has 0 radical (unpaired) electrons. The summed E-state index contributed by atoms with van der Waals surface area (Å²) < 4.78 is 2.13. The highest BCUT2D eigenvalue weighted by Gasteiger charge is 2.24. The van der Waals surface area contributed by atoms with E-state index in [1.54, 1.807) is 0 Å². The summed E-state index contributed by atoms with van der Waals surface area (Å²) >= 11 is 0. The summed E-state index contributed by atoms with van der Waals surface area (Å²) in [6.45, 7) is 9.35. The van der Waals surface area contributed by atoms with Gasteiger partial charge >= 0.3 is 0 Å². The number of benzene rings is 1. The van der Waals surface area contributed by atoms with Crippen LogP contribution in [0.25, 0.3) is 0 Å². The summed E-state index contributed by atoms with van der Waals surface area (Å²) in [5, 5.41) is 0. The van der Waals surface area contributed by atoms with Crippen molar-refractivity contribution in [1.82, 2.24) is 9.55 Å². The molecule has 0 amide bonds. The number of aryl methyl sites for hydroxylation is 1. The van der Waals surface area contributed by atoms with Gasteiger partial charge in [-0.25, -0.2) is 4.98 Å². The Bertz CT molecular complexity index is 657. The highest BCUT2D eigenvalue weighted by molar-refractivity contribution is 6.02. The van der Waals surface area contributed by atoms with Crippen LogP contribution < -0.4 is 0 Å². The molecule has 0 spiro atoms. The third-order valence-corrected chi connectivity index (χ3v) is 3.42. The maximum atomic E-state index is 4.71. The minimum Gasteiger partial charge on any atom is -0.286 e. The molecule has 2 aromatic rings. The fraction of sp³-hybridized carbons (Fsp3) is 0.375. The van der Waals surface area contributed by atoms with Crippen LogP contribution in [0.15, 0.2) is 35.5 Å². The standard InChI is InChI=1S/C16H19N3/c1-11-6-5-7-12(8-11)15-17-9-14-18-13(10-19(14)15)16(2,3)4/h5-8,10H,9H2,1-4H3. The first-order valence-corrected chi connectivity index (χ1v) is 6.66. The molecule has 0 N–H and O–H groups in total. The monoisotopic (exact) mass is 253 g/mol. The first-order chi connectivity index (χ1) is 8.95. The third kappa shape index (κ3) is 2.09. The Morgan fingerprint density at radius 2 is 2.00 bits per heavy atom. The van der Waals surface area contributed by atoms with Gasteiger partial charge in [-0.05, 0) is 13.0 Å². The maximum Gasteiger partial charge on any atom is 0.141 e. The molecule has 0 saturated carbocycles. The van der Waals surface area contributed by atoms with Crippen molar-refractivity contribution in [2.75, 3.05) is 0 Å². The minimum atomic E-state index is 0.0784. The van der Waals surface area contributed by atoms with Crippen LogP contribution in [-0.4, -0.2) is 15.4 Å². The predicted molar refractivity (Wildman–Crippen MR) is 77.7 cm³/mol. The van der Waals surface area contributed by atoms with Gasteiger partial charge < -0.3 is 0 Å². The second kappa shape index (κ2) is 4.05. The van der Waals surface area contributed by atoms with Crippen molar-refractivity contribution in [2.45, 2.75) is 39.7 Å². The Kier molecular flexibility index (Phi) is 2.59. The van der Waals surface area contributed by atoms with Crippen molar-refractivity contribution >= 4 is 5.84 Å². The van der Waals surface area contributed by atoms with Crippen LogP contribution in [-0.2, 0) is 12.0 Å². The predicted octanol–water partition coefficient (Wildman–Crippen LogP) is 3.30. The lowest BCUT2D eigenvalue weighted by Crippen LogP contribution is -2.13. The fourth-order valence-electron chi connectivity index (χ4n) is 2.31. The van der Waals surface area contributed by atoms with Gasteiger partial charge in [0.15, 0.2) is 0 Å². The van der Waals surface area contributed by atoms with Gasteiger partial charge in [0.05, 0.1) is 12.2 Å². The molecule has 0 bridgehead atoms. The van der Waals surface area contributed by atoms with Crippen molar-refractivity contribution in [3.05, 3.63) is 53.1 Å². The largest absolute Gasteiger partial charge is 0.286 e. The SMILES string of the molecule is Cc1cccc(C2=NCc3nc(C(C)(C)C)cn32)c1. The average molecular weight is 253 g/mol. The van der Waals surface area contributed by atoms with Gasteiger partial charge in [0, 0.05) is 17.2 Å². The summed E-state index contributed by atoms with van der Waals surface area (Å²) in [6, 6.07) is 8.46. The summed E-state index contributed by atoms with van der Waals surface area (Å²) in [6.07, 6.45) is 2.13. The van der Waals surface area contributed by atoms with E-state index >= 15 is 0 Å². The van der Waals surface area contributed by atoms with Crippen LogP contribution >= 0.6 is 0 Å². The van der Waals surface area contributed by atoms with Gasteiger partial charge in [0.1, 0.15) is 11.7 Å². The molecule has 0 fully saturated rings. The highest BCUT2D eigenvalue weighted by atomic mass is 15.2. The molecule has 1 aromatic heterocycles. The maximum absolute atomic E-state index is 4.71. The van der Waals surface area contributed by atoms with E-state index in [0.29, 0.717) is 6.54 Å². The quantitative estimate of drug-likeness (QED) is 0.767. The summed E-state index contributed by atoms with van der Waals surface area (Å²) in [5.41, 5.74) is 3.62. The van der Waals surface area contributed by atoms with E-state index in [1.807, 2.05) is 0 Å². The van der Waals surface area contributed by atoms with E-state index in [2.05, 4.69) is 67.7 Å². The molecule has 19 heavy (non-hydrogen) atoms. The van der Waals surface area contributed by atoms with Gasteiger partial charge in [-0.15, -0.1) is 0 Å². The Balaban J connectivity index is 2.04. The van der Waals surface area contributed by atoms with Crippen molar-refractivity contribution in [3.63, 3.8) is 0 Å². The van der Waals surface area contributed by atoms with Gasteiger partial charge in [0.2, 0.25) is 0 Å². The molecular formula is C16H19N3. The molecule has 0 atom stereocenters. The zero-order valence-corrected chi connectivity index (χ0v) is 11.9. The van der Waals surface area contributed by atoms with Gasteiger partial charge in [-0.2, -0.15) is 0 Å². The van der Waals surface area contributed by atoms with E-state index in [1.165, 1.54) is 5.56 Å². The molecule has 1 aliphatic heterocycles. The second-order valence-corrected chi connectivity index (χ2v) is 6.17. The smallest absolute Gasteiger partial charge is 0.141 e. The number of rotatable bonds is 1. The summed E-state index contributed by atoms with van der Waals surface area (Å²) in [5.74, 6) is 2.06. The van der Waals surface area contributed by atoms with E-state index in [4.69, 9.17) is 4.98 Å². The molecule has 0 unspecified atom stereocenters. The second-order valence-electron chi connectivity index (χ2n) is 6.17. The van der Waals surface area contributed by atoms with Gasteiger partial charge in [-0.3, -0.25) is 9.56 Å². The highest BCUT2D eigenvalue weighted by Crippen LogP contribution is 2.25.